The Morgan fingerprint density at radius 2 is 1.57 bits per heavy atom. The van der Waals surface area contributed by atoms with Crippen molar-refractivity contribution < 1.29 is 34.2 Å². The van der Waals surface area contributed by atoms with Crippen LogP contribution in [-0.2, 0) is 16.2 Å². The predicted octanol–water partition coefficient (Wildman–Crippen LogP) is 3.92. The van der Waals surface area contributed by atoms with Crippen LogP contribution >= 0.6 is 15.9 Å². The van der Waals surface area contributed by atoms with Crippen LogP contribution in [0, 0.1) is 0 Å². The van der Waals surface area contributed by atoms with Gasteiger partial charge in [-0.2, -0.15) is 0 Å². The summed E-state index contributed by atoms with van der Waals surface area (Å²) >= 11 is 3.35. The maximum Gasteiger partial charge on any atom is 0.233 e. The molecule has 0 heterocycles. The number of nitrogens with zero attached hydrogens (tertiary/aromatic N) is 2. The van der Waals surface area contributed by atoms with Gasteiger partial charge >= 0.3 is 0 Å². The Bertz CT molecular complexity index is 1090. The van der Waals surface area contributed by atoms with Gasteiger partial charge in [-0.15, -0.1) is 0 Å². The Morgan fingerprint density at radius 3 is 2.26 bits per heavy atom. The molecule has 3 aromatic rings. The zero-order chi connectivity index (χ0) is 25.0. The van der Waals surface area contributed by atoms with E-state index in [0.717, 1.165) is 10.0 Å². The van der Waals surface area contributed by atoms with Crippen molar-refractivity contribution >= 4 is 28.8 Å². The summed E-state index contributed by atoms with van der Waals surface area (Å²) in [5, 5.41) is 20.9. The lowest BCUT2D eigenvalue weighted by Gasteiger charge is -2.32. The molecule has 0 saturated heterocycles. The van der Waals surface area contributed by atoms with Gasteiger partial charge in [0.25, 0.3) is 0 Å². The summed E-state index contributed by atoms with van der Waals surface area (Å²) in [5.74, 6) is 1.17. The zero-order valence-electron chi connectivity index (χ0n) is 18.6. The molecule has 0 saturated carbocycles. The van der Waals surface area contributed by atoms with Gasteiger partial charge in [0.2, 0.25) is 12.8 Å². The minimum absolute atomic E-state index is 0.197. The molecule has 0 radical (unpaired) electrons. The van der Waals surface area contributed by atoms with E-state index in [0.29, 0.717) is 27.4 Å². The number of hydrogen-bond donors (Lipinski definition) is 2. The molecule has 0 aliphatic heterocycles. The van der Waals surface area contributed by atoms with Crippen molar-refractivity contribution in [3.05, 3.63) is 88.9 Å². The molecule has 0 bridgehead atoms. The number of hydrogen-bond acceptors (Lipinski definition) is 7. The van der Waals surface area contributed by atoms with Crippen LogP contribution < -0.4 is 14.2 Å². The fourth-order valence-corrected chi connectivity index (χ4v) is 3.58. The quantitative estimate of drug-likeness (QED) is 0.180. The first-order valence-electron chi connectivity index (χ1n) is 10.6. The molecule has 3 aromatic carbocycles. The summed E-state index contributed by atoms with van der Waals surface area (Å²) in [6.45, 7) is -0.285. The summed E-state index contributed by atoms with van der Waals surface area (Å²) in [5.41, 5.74) is 0.948. The van der Waals surface area contributed by atoms with E-state index >= 15 is 0 Å². The first kappa shape index (κ1) is 26.0. The Kier molecular flexibility index (Phi) is 9.91. The second kappa shape index (κ2) is 13.3. The second-order valence-electron chi connectivity index (χ2n) is 7.43. The number of carbonyl (C=O) groups is 2. The molecule has 0 aliphatic rings. The number of hydroxylamine groups is 4. The molecule has 35 heavy (non-hydrogen) atoms. The van der Waals surface area contributed by atoms with Crippen LogP contribution in [-0.4, -0.2) is 58.7 Å². The largest absolute Gasteiger partial charge is 0.491 e. The minimum atomic E-state index is -1.09. The van der Waals surface area contributed by atoms with E-state index in [2.05, 4.69) is 15.9 Å². The van der Waals surface area contributed by atoms with Crippen molar-refractivity contribution in [2.75, 3.05) is 13.2 Å². The summed E-state index contributed by atoms with van der Waals surface area (Å²) in [6.07, 6.45) is -0.691. The van der Waals surface area contributed by atoms with E-state index in [-0.39, 0.29) is 32.6 Å². The molecule has 2 atom stereocenters. The predicted molar refractivity (Wildman–Crippen MR) is 129 cm³/mol. The minimum Gasteiger partial charge on any atom is -0.491 e. The van der Waals surface area contributed by atoms with Crippen molar-refractivity contribution in [2.45, 2.75) is 18.8 Å². The highest BCUT2D eigenvalue weighted by Gasteiger charge is 2.32. The molecule has 0 spiro atoms. The topological polar surface area (TPSA) is 109 Å². The van der Waals surface area contributed by atoms with Crippen molar-refractivity contribution in [2.24, 2.45) is 0 Å². The molecule has 2 amide bonds. The summed E-state index contributed by atoms with van der Waals surface area (Å²) in [4.78, 5) is 22.5. The van der Waals surface area contributed by atoms with Gasteiger partial charge < -0.3 is 14.2 Å². The molecule has 9 nitrogen and oxygen atoms in total. The highest BCUT2D eigenvalue weighted by Crippen LogP contribution is 2.29. The van der Waals surface area contributed by atoms with Crippen LogP contribution in [0.2, 0.25) is 0 Å². The van der Waals surface area contributed by atoms with Crippen molar-refractivity contribution in [3.8, 4) is 17.2 Å². The third-order valence-corrected chi connectivity index (χ3v) is 5.44. The first-order chi connectivity index (χ1) is 17.0. The number of halogens is 1. The van der Waals surface area contributed by atoms with Gasteiger partial charge in [0.1, 0.15) is 31.1 Å². The lowest BCUT2D eigenvalue weighted by Crippen LogP contribution is -2.52. The van der Waals surface area contributed by atoms with Crippen LogP contribution in [0.25, 0.3) is 0 Å². The SMILES string of the molecule is O=CN(O)CC(Oc1ccccc1OCc1ccccc1)C(COc1cccc(Br)c1)N(O)C=O. The van der Waals surface area contributed by atoms with Gasteiger partial charge in [0.15, 0.2) is 11.5 Å². The third kappa shape index (κ3) is 7.99. The summed E-state index contributed by atoms with van der Waals surface area (Å²) in [6, 6.07) is 22.3. The highest BCUT2D eigenvalue weighted by atomic mass is 79.9. The Morgan fingerprint density at radius 1 is 0.857 bits per heavy atom. The van der Waals surface area contributed by atoms with Crippen LogP contribution in [0.3, 0.4) is 0 Å². The summed E-state index contributed by atoms with van der Waals surface area (Å²) < 4.78 is 18.5. The van der Waals surface area contributed by atoms with Crippen LogP contribution in [0.15, 0.2) is 83.3 Å². The van der Waals surface area contributed by atoms with E-state index < -0.39 is 12.1 Å². The summed E-state index contributed by atoms with van der Waals surface area (Å²) in [7, 11) is 0. The van der Waals surface area contributed by atoms with Gasteiger partial charge in [0, 0.05) is 4.47 Å². The Labute approximate surface area is 211 Å². The highest BCUT2D eigenvalue weighted by molar-refractivity contribution is 9.10. The first-order valence-corrected chi connectivity index (χ1v) is 11.4. The van der Waals surface area contributed by atoms with Crippen molar-refractivity contribution in [3.63, 3.8) is 0 Å². The number of para-hydroxylation sites is 2. The molecular weight excluding hydrogens is 520 g/mol. The molecule has 0 aromatic heterocycles. The maximum absolute atomic E-state index is 11.4. The fourth-order valence-electron chi connectivity index (χ4n) is 3.20. The van der Waals surface area contributed by atoms with Crippen LogP contribution in [0.1, 0.15) is 5.56 Å². The second-order valence-corrected chi connectivity index (χ2v) is 8.34. The zero-order valence-corrected chi connectivity index (χ0v) is 20.2. The monoisotopic (exact) mass is 544 g/mol. The van der Waals surface area contributed by atoms with E-state index in [4.69, 9.17) is 14.2 Å². The van der Waals surface area contributed by atoms with E-state index in [1.165, 1.54) is 0 Å². The molecule has 0 fully saturated rings. The smallest absolute Gasteiger partial charge is 0.233 e. The number of benzene rings is 3. The molecule has 2 unspecified atom stereocenters. The van der Waals surface area contributed by atoms with E-state index in [1.807, 2.05) is 36.4 Å². The van der Waals surface area contributed by atoms with Gasteiger partial charge in [-0.25, -0.2) is 10.1 Å². The molecule has 184 valence electrons. The van der Waals surface area contributed by atoms with Crippen LogP contribution in [0.4, 0.5) is 0 Å². The fraction of sp³-hybridized carbons (Fsp3) is 0.200. The van der Waals surface area contributed by atoms with Gasteiger partial charge in [-0.1, -0.05) is 64.5 Å². The lowest BCUT2D eigenvalue weighted by atomic mass is 10.1. The Balaban J connectivity index is 1.82. The lowest BCUT2D eigenvalue weighted by molar-refractivity contribution is -0.182. The molecule has 0 aliphatic carbocycles. The molecule has 3 rings (SSSR count). The molecular formula is C25H25BrN2O7. The average molecular weight is 545 g/mol. The number of rotatable bonds is 14. The van der Waals surface area contributed by atoms with Crippen molar-refractivity contribution in [1.82, 2.24) is 10.1 Å². The Hall–Kier alpha value is -3.60. The number of ether oxygens (including phenoxy) is 3. The molecule has 10 heteroatoms. The van der Waals surface area contributed by atoms with Gasteiger partial charge in [-0.05, 0) is 35.9 Å². The van der Waals surface area contributed by atoms with E-state index in [9.17, 15) is 20.0 Å². The number of carbonyl (C=O) groups excluding carboxylic acids is 2. The normalized spacial score (nSPS) is 12.2. The van der Waals surface area contributed by atoms with Crippen molar-refractivity contribution in [1.29, 1.82) is 0 Å². The standard InChI is InChI=1S/C25H25BrN2O7/c26-20-9-6-10-21(13-20)33-16-22(28(32)18-30)25(14-27(31)17-29)35-24-12-5-4-11-23(24)34-15-19-7-2-1-3-8-19/h1-13,17-18,22,25,31-32H,14-16H2. The van der Waals surface area contributed by atoms with E-state index in [1.54, 1.807) is 42.5 Å². The maximum atomic E-state index is 11.4. The van der Waals surface area contributed by atoms with Gasteiger partial charge in [0.05, 0.1) is 6.54 Å². The number of amides is 2. The van der Waals surface area contributed by atoms with Crippen LogP contribution in [0.5, 0.6) is 17.2 Å². The average Bonchev–Trinajstić information content (AvgIpc) is 2.88. The third-order valence-electron chi connectivity index (χ3n) is 4.95. The molecule has 2 N–H and O–H groups in total. The van der Waals surface area contributed by atoms with Gasteiger partial charge in [-0.3, -0.25) is 20.0 Å².